The molecule has 0 heterocycles. The van der Waals surface area contributed by atoms with Crippen LogP contribution < -0.4 is 16.0 Å². The molecule has 0 radical (unpaired) electrons. The second-order valence-corrected chi connectivity index (χ2v) is 7.51. The summed E-state index contributed by atoms with van der Waals surface area (Å²) in [6.45, 7) is 4.36. The lowest BCUT2D eigenvalue weighted by Gasteiger charge is -2.19. The molecule has 2 rings (SSSR count). The van der Waals surface area contributed by atoms with Gasteiger partial charge in [0.2, 0.25) is 17.7 Å². The fraction of sp³-hybridized carbons (Fsp3) is 0.286. The Bertz CT molecular complexity index is 906. The predicted octanol–water partition coefficient (Wildman–Crippen LogP) is 3.84. The molecule has 0 unspecified atom stereocenters. The molecule has 0 atom stereocenters. The quantitative estimate of drug-likeness (QED) is 0.510. The molecule has 3 N–H and O–H groups in total. The molecule has 0 fully saturated rings. The largest absolute Gasteiger partial charge is 0.326 e. The standard InChI is InChI=1S/C21H24BrFN4O3/c1-3-27(11-10-20(29)26-19-9-4-15(22)12-18(19)23)13-21(30)25-17-7-5-16(6-8-17)24-14(2)28/h4-9,12H,3,10-11,13H2,1-2H3,(H,24,28)(H,25,30)(H,26,29). The van der Waals surface area contributed by atoms with Gasteiger partial charge in [0.25, 0.3) is 0 Å². The van der Waals surface area contributed by atoms with Crippen LogP contribution in [0.3, 0.4) is 0 Å². The van der Waals surface area contributed by atoms with Gasteiger partial charge in [0, 0.05) is 35.7 Å². The van der Waals surface area contributed by atoms with E-state index in [0.29, 0.717) is 28.9 Å². The number of likely N-dealkylation sites (N-methyl/N-ethyl adjacent to an activating group) is 1. The maximum atomic E-state index is 13.8. The van der Waals surface area contributed by atoms with E-state index in [1.165, 1.54) is 19.1 Å². The van der Waals surface area contributed by atoms with Gasteiger partial charge in [-0.05, 0) is 49.0 Å². The SMILES string of the molecule is CCN(CCC(=O)Nc1ccc(Br)cc1F)CC(=O)Nc1ccc(NC(C)=O)cc1. The van der Waals surface area contributed by atoms with E-state index in [0.717, 1.165) is 0 Å². The third kappa shape index (κ3) is 7.92. The average Bonchev–Trinajstić information content (AvgIpc) is 2.68. The summed E-state index contributed by atoms with van der Waals surface area (Å²) in [5.41, 5.74) is 1.37. The number of nitrogens with one attached hydrogen (secondary N) is 3. The number of hydrogen-bond donors (Lipinski definition) is 3. The van der Waals surface area contributed by atoms with Crippen molar-refractivity contribution in [3.8, 4) is 0 Å². The fourth-order valence-corrected chi connectivity index (χ4v) is 2.99. The molecule has 0 aromatic heterocycles. The van der Waals surface area contributed by atoms with E-state index >= 15 is 0 Å². The average molecular weight is 479 g/mol. The number of carbonyl (C=O) groups is 3. The molecule has 0 spiro atoms. The first-order valence-corrected chi connectivity index (χ1v) is 10.2. The van der Waals surface area contributed by atoms with Crippen molar-refractivity contribution in [1.29, 1.82) is 0 Å². The summed E-state index contributed by atoms with van der Waals surface area (Å²) in [4.78, 5) is 37.2. The van der Waals surface area contributed by atoms with Crippen LogP contribution in [0.25, 0.3) is 0 Å². The zero-order valence-electron chi connectivity index (χ0n) is 16.8. The first-order valence-electron chi connectivity index (χ1n) is 9.41. The molecule has 2 aromatic carbocycles. The van der Waals surface area contributed by atoms with Crippen molar-refractivity contribution < 1.29 is 18.8 Å². The van der Waals surface area contributed by atoms with Gasteiger partial charge in [-0.1, -0.05) is 22.9 Å². The van der Waals surface area contributed by atoms with Crippen LogP contribution in [0.2, 0.25) is 0 Å². The number of anilines is 3. The number of nitrogens with zero attached hydrogens (tertiary/aromatic N) is 1. The van der Waals surface area contributed by atoms with Crippen LogP contribution in [0, 0.1) is 5.82 Å². The van der Waals surface area contributed by atoms with Gasteiger partial charge < -0.3 is 16.0 Å². The molecule has 3 amide bonds. The van der Waals surface area contributed by atoms with Crippen LogP contribution in [-0.2, 0) is 14.4 Å². The van der Waals surface area contributed by atoms with E-state index in [1.807, 2.05) is 11.8 Å². The third-order valence-electron chi connectivity index (χ3n) is 4.16. The van der Waals surface area contributed by atoms with Gasteiger partial charge in [-0.3, -0.25) is 19.3 Å². The lowest BCUT2D eigenvalue weighted by Crippen LogP contribution is -2.35. The number of rotatable bonds is 9. The smallest absolute Gasteiger partial charge is 0.238 e. The van der Waals surface area contributed by atoms with Crippen molar-refractivity contribution in [2.24, 2.45) is 0 Å². The predicted molar refractivity (Wildman–Crippen MR) is 119 cm³/mol. The van der Waals surface area contributed by atoms with Gasteiger partial charge >= 0.3 is 0 Å². The van der Waals surface area contributed by atoms with E-state index in [9.17, 15) is 18.8 Å². The van der Waals surface area contributed by atoms with Crippen molar-refractivity contribution in [2.75, 3.05) is 35.6 Å². The lowest BCUT2D eigenvalue weighted by molar-refractivity contribution is -0.119. The summed E-state index contributed by atoms with van der Waals surface area (Å²) in [5, 5.41) is 7.97. The van der Waals surface area contributed by atoms with E-state index in [2.05, 4.69) is 31.9 Å². The zero-order valence-corrected chi connectivity index (χ0v) is 18.4. The minimum Gasteiger partial charge on any atom is -0.326 e. The van der Waals surface area contributed by atoms with Gasteiger partial charge in [-0.15, -0.1) is 0 Å². The highest BCUT2D eigenvalue weighted by atomic mass is 79.9. The molecule has 0 aliphatic heterocycles. The van der Waals surface area contributed by atoms with E-state index < -0.39 is 5.82 Å². The van der Waals surface area contributed by atoms with Crippen LogP contribution in [0.15, 0.2) is 46.9 Å². The lowest BCUT2D eigenvalue weighted by atomic mass is 10.2. The van der Waals surface area contributed by atoms with Crippen molar-refractivity contribution in [3.05, 3.63) is 52.8 Å². The van der Waals surface area contributed by atoms with E-state index in [4.69, 9.17) is 0 Å². The molecule has 0 saturated heterocycles. The highest BCUT2D eigenvalue weighted by molar-refractivity contribution is 9.10. The first-order chi connectivity index (χ1) is 14.3. The van der Waals surface area contributed by atoms with Crippen LogP contribution in [0.5, 0.6) is 0 Å². The second-order valence-electron chi connectivity index (χ2n) is 6.60. The van der Waals surface area contributed by atoms with Crippen molar-refractivity contribution in [2.45, 2.75) is 20.3 Å². The fourth-order valence-electron chi connectivity index (χ4n) is 2.66. The van der Waals surface area contributed by atoms with E-state index in [1.54, 1.807) is 30.3 Å². The number of hydrogen-bond acceptors (Lipinski definition) is 4. The Hall–Kier alpha value is -2.78. The maximum absolute atomic E-state index is 13.8. The van der Waals surface area contributed by atoms with Crippen LogP contribution >= 0.6 is 15.9 Å². The monoisotopic (exact) mass is 478 g/mol. The van der Waals surface area contributed by atoms with Crippen molar-refractivity contribution >= 4 is 50.7 Å². The van der Waals surface area contributed by atoms with Gasteiger partial charge in [0.05, 0.1) is 12.2 Å². The minimum atomic E-state index is -0.519. The summed E-state index contributed by atoms with van der Waals surface area (Å²) in [6, 6.07) is 11.2. The van der Waals surface area contributed by atoms with Gasteiger partial charge in [-0.25, -0.2) is 4.39 Å². The van der Waals surface area contributed by atoms with E-state index in [-0.39, 0.29) is 36.4 Å². The topological polar surface area (TPSA) is 90.5 Å². The van der Waals surface area contributed by atoms with Crippen LogP contribution in [0.1, 0.15) is 20.3 Å². The van der Waals surface area contributed by atoms with Crippen molar-refractivity contribution in [3.63, 3.8) is 0 Å². The molecule has 2 aromatic rings. The maximum Gasteiger partial charge on any atom is 0.238 e. The minimum absolute atomic E-state index is 0.115. The number of carbonyl (C=O) groups excluding carboxylic acids is 3. The first kappa shape index (κ1) is 23.5. The second kappa shape index (κ2) is 11.4. The van der Waals surface area contributed by atoms with Crippen molar-refractivity contribution in [1.82, 2.24) is 4.90 Å². The Morgan fingerprint density at radius 3 is 2.17 bits per heavy atom. The molecule has 0 aliphatic carbocycles. The van der Waals surface area contributed by atoms with Crippen LogP contribution in [0.4, 0.5) is 21.5 Å². The third-order valence-corrected chi connectivity index (χ3v) is 4.66. The van der Waals surface area contributed by atoms with Gasteiger partial charge in [0.1, 0.15) is 5.82 Å². The molecule has 30 heavy (non-hydrogen) atoms. The summed E-state index contributed by atoms with van der Waals surface area (Å²) in [5.74, 6) is -1.24. The molecule has 7 nitrogen and oxygen atoms in total. The Kier molecular flexibility index (Phi) is 8.94. The molecule has 0 aliphatic rings. The molecule has 160 valence electrons. The normalized spacial score (nSPS) is 10.6. The molecular formula is C21H24BrFN4O3. The Balaban J connectivity index is 1.80. The highest BCUT2D eigenvalue weighted by Gasteiger charge is 2.13. The summed E-state index contributed by atoms with van der Waals surface area (Å²) < 4.78 is 14.4. The molecule has 0 saturated carbocycles. The summed E-state index contributed by atoms with van der Waals surface area (Å²) in [7, 11) is 0. The molecule has 0 bridgehead atoms. The Labute approximate surface area is 183 Å². The Morgan fingerprint density at radius 2 is 1.60 bits per heavy atom. The summed E-state index contributed by atoms with van der Waals surface area (Å²) >= 11 is 3.17. The number of benzene rings is 2. The van der Waals surface area contributed by atoms with Gasteiger partial charge in [-0.2, -0.15) is 0 Å². The molecule has 9 heteroatoms. The molecular weight excluding hydrogens is 455 g/mol. The Morgan fingerprint density at radius 1 is 0.967 bits per heavy atom. The number of halogens is 2. The summed E-state index contributed by atoms with van der Waals surface area (Å²) in [6.07, 6.45) is 0.127. The highest BCUT2D eigenvalue weighted by Crippen LogP contribution is 2.19. The van der Waals surface area contributed by atoms with Crippen LogP contribution in [-0.4, -0.2) is 42.3 Å². The number of amides is 3. The van der Waals surface area contributed by atoms with Gasteiger partial charge in [0.15, 0.2) is 0 Å². The zero-order chi connectivity index (χ0) is 22.1.